The van der Waals surface area contributed by atoms with E-state index in [2.05, 4.69) is 11.4 Å². The lowest BCUT2D eigenvalue weighted by Crippen LogP contribution is -2.35. The number of aryl methyl sites for hydroxylation is 2. The molecule has 29 heavy (non-hydrogen) atoms. The van der Waals surface area contributed by atoms with Crippen molar-refractivity contribution < 1.29 is 23.8 Å². The molecule has 1 atom stereocenters. The van der Waals surface area contributed by atoms with Crippen LogP contribution in [0.3, 0.4) is 0 Å². The number of nitrogens with one attached hydrogen (secondary N) is 1. The van der Waals surface area contributed by atoms with Crippen molar-refractivity contribution >= 4 is 17.7 Å². The Hall–Kier alpha value is -3.22. The van der Waals surface area contributed by atoms with Crippen LogP contribution in [0.25, 0.3) is 0 Å². The first kappa shape index (κ1) is 20.5. The standard InChI is InChI=1S/C22H26N2O5/c1-14-7-15(2)9-17(8-14)24-13-18(29-22(24)26)12-23-21(25)11-16-5-6-19(27-3)20(10-16)28-4/h5-10,18H,11-13H2,1-4H3,(H,23,25). The highest BCUT2D eigenvalue weighted by molar-refractivity contribution is 5.90. The number of cyclic esters (lactones) is 1. The quantitative estimate of drug-likeness (QED) is 0.776. The summed E-state index contributed by atoms with van der Waals surface area (Å²) in [5.74, 6) is 1.03. The number of rotatable bonds is 7. The van der Waals surface area contributed by atoms with E-state index in [-0.39, 0.29) is 18.9 Å². The van der Waals surface area contributed by atoms with Crippen molar-refractivity contribution in [3.05, 3.63) is 53.1 Å². The molecule has 2 aromatic carbocycles. The molecule has 1 aliphatic rings. The molecule has 0 radical (unpaired) electrons. The zero-order valence-corrected chi connectivity index (χ0v) is 17.2. The molecule has 1 N–H and O–H groups in total. The Bertz CT molecular complexity index is 892. The van der Waals surface area contributed by atoms with Crippen LogP contribution >= 0.6 is 0 Å². The molecule has 3 rings (SSSR count). The third-order valence-electron chi connectivity index (χ3n) is 4.73. The van der Waals surface area contributed by atoms with Crippen molar-refractivity contribution in [2.75, 3.05) is 32.2 Å². The lowest BCUT2D eigenvalue weighted by molar-refractivity contribution is -0.120. The summed E-state index contributed by atoms with van der Waals surface area (Å²) >= 11 is 0. The first-order valence-electron chi connectivity index (χ1n) is 9.43. The fourth-order valence-corrected chi connectivity index (χ4v) is 3.41. The summed E-state index contributed by atoms with van der Waals surface area (Å²) in [6.07, 6.45) is -0.589. The average Bonchev–Trinajstić information content (AvgIpc) is 3.06. The molecule has 7 nitrogen and oxygen atoms in total. The molecule has 2 amide bonds. The van der Waals surface area contributed by atoms with Crippen LogP contribution in [0.2, 0.25) is 0 Å². The van der Waals surface area contributed by atoms with Gasteiger partial charge in [0.1, 0.15) is 6.10 Å². The Kier molecular flexibility index (Phi) is 6.26. The molecule has 0 bridgehead atoms. The molecule has 0 saturated carbocycles. The van der Waals surface area contributed by atoms with E-state index >= 15 is 0 Å². The number of amides is 2. The number of hydrogen-bond acceptors (Lipinski definition) is 5. The smallest absolute Gasteiger partial charge is 0.414 e. The normalized spacial score (nSPS) is 15.8. The van der Waals surface area contributed by atoms with Gasteiger partial charge in [0.2, 0.25) is 5.91 Å². The van der Waals surface area contributed by atoms with E-state index in [0.29, 0.717) is 18.0 Å². The minimum atomic E-state index is -0.394. The first-order chi connectivity index (χ1) is 13.9. The molecule has 154 valence electrons. The number of benzene rings is 2. The molecule has 1 aliphatic heterocycles. The van der Waals surface area contributed by atoms with Crippen molar-refractivity contribution in [3.63, 3.8) is 0 Å². The fourth-order valence-electron chi connectivity index (χ4n) is 3.41. The Balaban J connectivity index is 1.55. The summed E-state index contributed by atoms with van der Waals surface area (Å²) in [5, 5.41) is 2.84. The number of methoxy groups -OCH3 is 2. The molecule has 1 heterocycles. The molecule has 7 heteroatoms. The number of hydrogen-bond donors (Lipinski definition) is 1. The molecular formula is C22H26N2O5. The third kappa shape index (κ3) is 4.99. The molecule has 2 aromatic rings. The maximum atomic E-state index is 12.3. The van der Waals surface area contributed by atoms with Gasteiger partial charge in [0, 0.05) is 5.69 Å². The highest BCUT2D eigenvalue weighted by Crippen LogP contribution is 2.28. The van der Waals surface area contributed by atoms with Crippen LogP contribution in [0.1, 0.15) is 16.7 Å². The second kappa shape index (κ2) is 8.86. The monoisotopic (exact) mass is 398 g/mol. The van der Waals surface area contributed by atoms with Crippen LogP contribution in [0.5, 0.6) is 11.5 Å². The van der Waals surface area contributed by atoms with Gasteiger partial charge in [-0.25, -0.2) is 4.79 Å². The van der Waals surface area contributed by atoms with E-state index in [1.807, 2.05) is 32.0 Å². The molecule has 1 saturated heterocycles. The lowest BCUT2D eigenvalue weighted by atomic mass is 10.1. The van der Waals surface area contributed by atoms with Crippen LogP contribution in [-0.4, -0.2) is 45.4 Å². The van der Waals surface area contributed by atoms with E-state index in [1.165, 1.54) is 0 Å². The Morgan fingerprint density at radius 1 is 1.10 bits per heavy atom. The number of carbonyl (C=O) groups excluding carboxylic acids is 2. The fraction of sp³-hybridized carbons (Fsp3) is 0.364. The number of ether oxygens (including phenoxy) is 3. The number of carbonyl (C=O) groups is 2. The van der Waals surface area contributed by atoms with Gasteiger partial charge in [-0.1, -0.05) is 12.1 Å². The largest absolute Gasteiger partial charge is 0.493 e. The molecule has 1 fully saturated rings. The summed E-state index contributed by atoms with van der Waals surface area (Å²) in [7, 11) is 3.12. The van der Waals surface area contributed by atoms with Gasteiger partial charge in [0.25, 0.3) is 0 Å². The van der Waals surface area contributed by atoms with Gasteiger partial charge in [-0.3, -0.25) is 9.69 Å². The third-order valence-corrected chi connectivity index (χ3v) is 4.73. The van der Waals surface area contributed by atoms with Crippen LogP contribution in [0.4, 0.5) is 10.5 Å². The molecule has 0 aliphatic carbocycles. The van der Waals surface area contributed by atoms with Crippen molar-refractivity contribution in [2.45, 2.75) is 26.4 Å². The van der Waals surface area contributed by atoms with Gasteiger partial charge < -0.3 is 19.5 Å². The Labute approximate surface area is 170 Å². The summed E-state index contributed by atoms with van der Waals surface area (Å²) in [5.41, 5.74) is 3.78. The molecule has 1 unspecified atom stereocenters. The number of nitrogens with zero attached hydrogens (tertiary/aromatic N) is 1. The first-order valence-corrected chi connectivity index (χ1v) is 9.43. The minimum Gasteiger partial charge on any atom is -0.493 e. The maximum Gasteiger partial charge on any atom is 0.414 e. The average molecular weight is 398 g/mol. The summed E-state index contributed by atoms with van der Waals surface area (Å²) < 4.78 is 15.9. The van der Waals surface area contributed by atoms with Crippen LogP contribution in [0, 0.1) is 13.8 Å². The van der Waals surface area contributed by atoms with Gasteiger partial charge in [-0.15, -0.1) is 0 Å². The van der Waals surface area contributed by atoms with Gasteiger partial charge in [-0.2, -0.15) is 0 Å². The van der Waals surface area contributed by atoms with Crippen molar-refractivity contribution in [3.8, 4) is 11.5 Å². The molecule has 0 aromatic heterocycles. The van der Waals surface area contributed by atoms with Gasteiger partial charge in [-0.05, 0) is 54.8 Å². The Morgan fingerprint density at radius 3 is 2.45 bits per heavy atom. The van der Waals surface area contributed by atoms with Crippen molar-refractivity contribution in [2.24, 2.45) is 0 Å². The van der Waals surface area contributed by atoms with Crippen molar-refractivity contribution in [1.29, 1.82) is 0 Å². The topological polar surface area (TPSA) is 77.1 Å². The second-order valence-electron chi connectivity index (χ2n) is 7.13. The highest BCUT2D eigenvalue weighted by atomic mass is 16.6. The van der Waals surface area contributed by atoms with E-state index in [9.17, 15) is 9.59 Å². The van der Waals surface area contributed by atoms with Crippen LogP contribution in [-0.2, 0) is 16.0 Å². The zero-order chi connectivity index (χ0) is 21.0. The predicted octanol–water partition coefficient (Wildman–Crippen LogP) is 3.00. The highest BCUT2D eigenvalue weighted by Gasteiger charge is 2.32. The maximum absolute atomic E-state index is 12.3. The van der Waals surface area contributed by atoms with Crippen LogP contribution < -0.4 is 19.7 Å². The van der Waals surface area contributed by atoms with Gasteiger partial charge in [0.05, 0.1) is 33.7 Å². The zero-order valence-electron chi connectivity index (χ0n) is 17.2. The van der Waals surface area contributed by atoms with E-state index in [0.717, 1.165) is 22.4 Å². The summed E-state index contributed by atoms with van der Waals surface area (Å²) in [6, 6.07) is 11.3. The predicted molar refractivity (Wildman–Crippen MR) is 110 cm³/mol. The molecule has 0 spiro atoms. The Morgan fingerprint density at radius 2 is 1.79 bits per heavy atom. The number of anilines is 1. The van der Waals surface area contributed by atoms with Crippen LogP contribution in [0.15, 0.2) is 36.4 Å². The lowest BCUT2D eigenvalue weighted by Gasteiger charge is -2.15. The van der Waals surface area contributed by atoms with E-state index in [4.69, 9.17) is 14.2 Å². The van der Waals surface area contributed by atoms with E-state index < -0.39 is 12.2 Å². The molecular weight excluding hydrogens is 372 g/mol. The minimum absolute atomic E-state index is 0.155. The second-order valence-corrected chi connectivity index (χ2v) is 7.13. The summed E-state index contributed by atoms with van der Waals surface area (Å²) in [4.78, 5) is 26.2. The van der Waals surface area contributed by atoms with Gasteiger partial charge >= 0.3 is 6.09 Å². The van der Waals surface area contributed by atoms with Gasteiger partial charge in [0.15, 0.2) is 11.5 Å². The summed E-state index contributed by atoms with van der Waals surface area (Å²) in [6.45, 7) is 4.64. The SMILES string of the molecule is COc1ccc(CC(=O)NCC2CN(c3cc(C)cc(C)c3)C(=O)O2)cc1OC. The van der Waals surface area contributed by atoms with E-state index in [1.54, 1.807) is 31.3 Å². The van der Waals surface area contributed by atoms with Crippen molar-refractivity contribution in [1.82, 2.24) is 5.32 Å².